The number of thioether (sulfide) groups is 1. The van der Waals surface area contributed by atoms with Gasteiger partial charge >= 0.3 is 0 Å². The molecule has 0 radical (unpaired) electrons. The molecule has 2 heterocycles. The van der Waals surface area contributed by atoms with E-state index in [0.29, 0.717) is 29.4 Å². The van der Waals surface area contributed by atoms with Crippen LogP contribution in [0, 0.1) is 19.7 Å². The average molecular weight is 419 g/mol. The molecule has 3 aromatic rings. The van der Waals surface area contributed by atoms with E-state index >= 15 is 0 Å². The first kappa shape index (κ1) is 20.5. The highest BCUT2D eigenvalue weighted by Crippen LogP contribution is 2.32. The highest BCUT2D eigenvalue weighted by Gasteiger charge is 2.17. The topological polar surface area (TPSA) is 66.9 Å². The molecule has 1 atom stereocenters. The molecule has 8 heteroatoms. The fourth-order valence-corrected chi connectivity index (χ4v) is 4.60. The van der Waals surface area contributed by atoms with Gasteiger partial charge < -0.3 is 10.6 Å². The molecule has 1 aromatic carbocycles. The molecule has 0 aliphatic carbocycles. The fraction of sp³-hybridized carbons (Fsp3) is 0.350. The lowest BCUT2D eigenvalue weighted by Crippen LogP contribution is -2.38. The highest BCUT2D eigenvalue weighted by atomic mass is 32.2. The molecule has 0 aliphatic rings. The van der Waals surface area contributed by atoms with Crippen molar-refractivity contribution < 1.29 is 9.18 Å². The Morgan fingerprint density at radius 2 is 2.07 bits per heavy atom. The van der Waals surface area contributed by atoms with Crippen molar-refractivity contribution in [3.8, 4) is 0 Å². The van der Waals surface area contributed by atoms with Crippen molar-refractivity contribution in [1.82, 2.24) is 15.3 Å². The van der Waals surface area contributed by atoms with Crippen LogP contribution in [0.2, 0.25) is 0 Å². The molecule has 3 rings (SSSR count). The van der Waals surface area contributed by atoms with Crippen molar-refractivity contribution >= 4 is 45.0 Å². The van der Waals surface area contributed by atoms with Crippen LogP contribution in [-0.2, 0) is 10.5 Å². The Hall–Kier alpha value is -2.19. The maximum atomic E-state index is 13.6. The number of anilines is 1. The molecule has 0 aliphatic heterocycles. The largest absolute Gasteiger partial charge is 0.358 e. The number of aromatic nitrogens is 2. The minimum atomic E-state index is -0.422. The maximum absolute atomic E-state index is 13.6. The summed E-state index contributed by atoms with van der Waals surface area (Å²) in [6.45, 7) is 6.44. The summed E-state index contributed by atoms with van der Waals surface area (Å²) >= 11 is 3.22. The fourth-order valence-electron chi connectivity index (χ4n) is 2.76. The van der Waals surface area contributed by atoms with E-state index in [1.165, 1.54) is 17.3 Å². The van der Waals surface area contributed by atoms with Crippen LogP contribution in [-0.4, -0.2) is 34.2 Å². The summed E-state index contributed by atoms with van der Waals surface area (Å²) in [5, 5.41) is 7.09. The van der Waals surface area contributed by atoms with E-state index in [9.17, 15) is 9.18 Å². The van der Waals surface area contributed by atoms with Crippen LogP contribution in [0.15, 0.2) is 30.6 Å². The zero-order valence-corrected chi connectivity index (χ0v) is 17.7. The number of halogens is 1. The molecular formula is C20H23FN4OS2. The molecule has 0 unspecified atom stereocenters. The number of nitrogens with one attached hydrogen (secondary N) is 2. The zero-order valence-electron chi connectivity index (χ0n) is 16.1. The molecule has 148 valence electrons. The Kier molecular flexibility index (Phi) is 6.85. The van der Waals surface area contributed by atoms with Crippen molar-refractivity contribution in [2.75, 3.05) is 17.6 Å². The van der Waals surface area contributed by atoms with Crippen LogP contribution >= 0.6 is 23.1 Å². The lowest BCUT2D eigenvalue weighted by molar-refractivity contribution is -0.121. The van der Waals surface area contributed by atoms with Gasteiger partial charge in [0.15, 0.2) is 0 Å². The summed E-state index contributed by atoms with van der Waals surface area (Å²) in [6.07, 6.45) is 1.52. The first-order valence-electron chi connectivity index (χ1n) is 9.03. The minimum Gasteiger partial charge on any atom is -0.358 e. The number of carbonyl (C=O) groups excluding carboxylic acids is 1. The van der Waals surface area contributed by atoms with Gasteiger partial charge in [0.1, 0.15) is 28.8 Å². The van der Waals surface area contributed by atoms with Gasteiger partial charge in [0.05, 0.1) is 5.39 Å². The Morgan fingerprint density at radius 3 is 2.86 bits per heavy atom. The number of aryl methyl sites for hydroxylation is 2. The second-order valence-corrected chi connectivity index (χ2v) is 8.80. The van der Waals surface area contributed by atoms with E-state index in [-0.39, 0.29) is 11.7 Å². The van der Waals surface area contributed by atoms with Crippen molar-refractivity contribution in [3.63, 3.8) is 0 Å². The van der Waals surface area contributed by atoms with Gasteiger partial charge in [0.25, 0.3) is 0 Å². The molecule has 0 saturated heterocycles. The lowest BCUT2D eigenvalue weighted by Gasteiger charge is -2.15. The lowest BCUT2D eigenvalue weighted by atomic mass is 10.2. The SMILES string of the molecule is Cc1sc2ncnc(N[C@@H](C)C(=O)NCCSCc3ccccc3F)c2c1C. The normalized spacial score (nSPS) is 12.1. The Bertz CT molecular complexity index is 976. The van der Waals surface area contributed by atoms with Gasteiger partial charge in [-0.2, -0.15) is 11.8 Å². The van der Waals surface area contributed by atoms with Gasteiger partial charge in [-0.3, -0.25) is 4.79 Å². The van der Waals surface area contributed by atoms with Gasteiger partial charge in [-0.05, 0) is 38.0 Å². The standard InChI is InChI=1S/C20H23FN4OS2/c1-12-14(3)28-20-17(12)18(23-11-24-20)25-13(2)19(26)22-8-9-27-10-15-6-4-5-7-16(15)21/h4-7,11,13H,8-10H2,1-3H3,(H,22,26)(H,23,24,25)/t13-/m0/s1. The Morgan fingerprint density at radius 1 is 1.29 bits per heavy atom. The van der Waals surface area contributed by atoms with Crippen LogP contribution in [0.25, 0.3) is 10.2 Å². The molecule has 2 N–H and O–H groups in total. The number of benzene rings is 1. The summed E-state index contributed by atoms with van der Waals surface area (Å²) in [5.41, 5.74) is 1.82. The smallest absolute Gasteiger partial charge is 0.242 e. The van der Waals surface area contributed by atoms with Crippen LogP contribution in [0.4, 0.5) is 10.2 Å². The van der Waals surface area contributed by atoms with Crippen molar-refractivity contribution in [1.29, 1.82) is 0 Å². The predicted octanol–water partition coefficient (Wildman–Crippen LogP) is 4.30. The van der Waals surface area contributed by atoms with Crippen molar-refractivity contribution in [2.45, 2.75) is 32.6 Å². The molecular weight excluding hydrogens is 395 g/mol. The van der Waals surface area contributed by atoms with Gasteiger partial charge in [-0.25, -0.2) is 14.4 Å². The third-order valence-electron chi connectivity index (χ3n) is 4.47. The van der Waals surface area contributed by atoms with Crippen LogP contribution < -0.4 is 10.6 Å². The van der Waals surface area contributed by atoms with E-state index in [4.69, 9.17) is 0 Å². The monoisotopic (exact) mass is 418 g/mol. The summed E-state index contributed by atoms with van der Waals surface area (Å²) in [7, 11) is 0. The summed E-state index contributed by atoms with van der Waals surface area (Å²) < 4.78 is 13.6. The first-order valence-corrected chi connectivity index (χ1v) is 11.0. The third kappa shape index (κ3) is 4.80. The quantitative estimate of drug-likeness (QED) is 0.534. The van der Waals surface area contributed by atoms with Gasteiger partial charge in [0.2, 0.25) is 5.91 Å². The molecule has 0 bridgehead atoms. The van der Waals surface area contributed by atoms with Crippen molar-refractivity contribution in [2.24, 2.45) is 0 Å². The highest BCUT2D eigenvalue weighted by molar-refractivity contribution is 7.98. The van der Waals surface area contributed by atoms with E-state index < -0.39 is 6.04 Å². The predicted molar refractivity (Wildman–Crippen MR) is 116 cm³/mol. The van der Waals surface area contributed by atoms with Gasteiger partial charge in [-0.1, -0.05) is 18.2 Å². The van der Waals surface area contributed by atoms with Crippen LogP contribution in [0.5, 0.6) is 0 Å². The number of hydrogen-bond donors (Lipinski definition) is 2. The third-order valence-corrected chi connectivity index (χ3v) is 6.60. The molecule has 28 heavy (non-hydrogen) atoms. The van der Waals surface area contributed by atoms with Gasteiger partial charge in [0, 0.05) is 22.9 Å². The number of amides is 1. The Balaban J connectivity index is 1.48. The van der Waals surface area contributed by atoms with Crippen LogP contribution in [0.1, 0.15) is 22.9 Å². The minimum absolute atomic E-state index is 0.0946. The summed E-state index contributed by atoms with van der Waals surface area (Å²) in [5.74, 6) is 1.71. The number of nitrogens with zero attached hydrogens (tertiary/aromatic N) is 2. The van der Waals surface area contributed by atoms with Gasteiger partial charge in [-0.15, -0.1) is 11.3 Å². The number of thiophene rings is 1. The van der Waals surface area contributed by atoms with Crippen molar-refractivity contribution in [3.05, 3.63) is 52.4 Å². The summed E-state index contributed by atoms with van der Waals surface area (Å²) in [6, 6.07) is 6.33. The number of carbonyl (C=O) groups is 1. The van der Waals surface area contributed by atoms with E-state index in [0.717, 1.165) is 15.8 Å². The first-order chi connectivity index (χ1) is 13.5. The number of fused-ring (bicyclic) bond motifs is 1. The number of hydrogen-bond acceptors (Lipinski definition) is 6. The van der Waals surface area contributed by atoms with E-state index in [1.807, 2.05) is 19.9 Å². The van der Waals surface area contributed by atoms with E-state index in [2.05, 4.69) is 27.5 Å². The maximum Gasteiger partial charge on any atom is 0.242 e. The molecule has 0 spiro atoms. The molecule has 1 amide bonds. The molecule has 5 nitrogen and oxygen atoms in total. The molecule has 0 saturated carbocycles. The summed E-state index contributed by atoms with van der Waals surface area (Å²) in [4.78, 5) is 23.1. The number of rotatable bonds is 8. The zero-order chi connectivity index (χ0) is 20.1. The second-order valence-electron chi connectivity index (χ2n) is 6.49. The Labute approximate surface area is 172 Å². The second kappa shape index (κ2) is 9.34. The average Bonchev–Trinajstić information content (AvgIpc) is 2.97. The van der Waals surface area contributed by atoms with Crippen LogP contribution in [0.3, 0.4) is 0 Å². The van der Waals surface area contributed by atoms with E-state index in [1.54, 1.807) is 35.2 Å². The molecule has 2 aromatic heterocycles. The molecule has 0 fully saturated rings.